The van der Waals surface area contributed by atoms with Gasteiger partial charge in [0.2, 0.25) is 5.82 Å². The number of carbonyl (C=O) groups is 3. The number of rotatable bonds is 9. The predicted molar refractivity (Wildman–Crippen MR) is 150 cm³/mol. The number of benzene rings is 1. The number of halogens is 1. The second-order valence-electron chi connectivity index (χ2n) is 9.79. The summed E-state index contributed by atoms with van der Waals surface area (Å²) in [6.45, 7) is 5.20. The molecule has 2 fully saturated rings. The Morgan fingerprint density at radius 3 is 2.23 bits per heavy atom. The Labute approximate surface area is 241 Å². The Hall–Kier alpha value is -3.60. The Bertz CT molecular complexity index is 1190. The van der Waals surface area contributed by atoms with Gasteiger partial charge >= 0.3 is 11.9 Å². The molecule has 0 spiro atoms. The fraction of sp³-hybridized carbons (Fsp3) is 0.481. The number of carbonyl (C=O) groups excluding carboxylic acids is 1. The molecule has 1 aliphatic heterocycles. The number of amides is 1. The second-order valence-corrected chi connectivity index (χ2v) is 10.6. The maximum atomic E-state index is 13.1. The number of likely N-dealkylation sites (N-methyl/N-ethyl adjacent to an activating group) is 1. The third-order valence-corrected chi connectivity index (χ3v) is 7.30. The van der Waals surface area contributed by atoms with Gasteiger partial charge in [-0.3, -0.25) is 29.7 Å². The van der Waals surface area contributed by atoms with Crippen LogP contribution in [0.15, 0.2) is 34.9 Å². The number of anilines is 1. The molecule has 0 radical (unpaired) electrons. The first-order valence-electron chi connectivity index (χ1n) is 13.1. The van der Waals surface area contributed by atoms with Crippen molar-refractivity contribution in [1.29, 1.82) is 5.26 Å². The summed E-state index contributed by atoms with van der Waals surface area (Å²) in [5, 5.41) is 26.8. The molecule has 0 atom stereocenters. The highest BCUT2D eigenvalue weighted by atomic mass is 79.9. The van der Waals surface area contributed by atoms with Gasteiger partial charge in [0.05, 0.1) is 23.4 Å². The number of hydrogen-bond donors (Lipinski definition) is 3. The predicted octanol–water partition coefficient (Wildman–Crippen LogP) is 2.89. The van der Waals surface area contributed by atoms with E-state index in [0.29, 0.717) is 15.9 Å². The van der Waals surface area contributed by atoms with E-state index in [1.54, 1.807) is 11.2 Å². The van der Waals surface area contributed by atoms with E-state index < -0.39 is 11.9 Å². The largest absolute Gasteiger partial charge is 0.481 e. The van der Waals surface area contributed by atoms with E-state index in [2.05, 4.69) is 48.2 Å². The van der Waals surface area contributed by atoms with Gasteiger partial charge in [-0.05, 0) is 53.5 Å². The molecule has 13 heteroatoms. The minimum absolute atomic E-state index is 0.0775. The highest BCUT2D eigenvalue weighted by Gasteiger charge is 2.28. The van der Waals surface area contributed by atoms with Crippen LogP contribution in [0.25, 0.3) is 0 Å². The molecule has 2 aromatic rings. The van der Waals surface area contributed by atoms with Crippen LogP contribution in [0.1, 0.15) is 60.3 Å². The number of piperazine rings is 1. The number of aromatic nitrogens is 2. The average Bonchev–Trinajstić information content (AvgIpc) is 3.48. The topological polar surface area (TPSA) is 163 Å². The van der Waals surface area contributed by atoms with Gasteiger partial charge in [-0.15, -0.1) is 0 Å². The van der Waals surface area contributed by atoms with E-state index in [4.69, 9.17) is 10.2 Å². The van der Waals surface area contributed by atoms with Crippen LogP contribution >= 0.6 is 15.9 Å². The van der Waals surface area contributed by atoms with Gasteiger partial charge in [0.15, 0.2) is 5.82 Å². The number of hydrazine groups is 1. The quantitative estimate of drug-likeness (QED) is 0.355. The maximum Gasteiger partial charge on any atom is 0.303 e. The van der Waals surface area contributed by atoms with Crippen molar-refractivity contribution < 1.29 is 24.6 Å². The summed E-state index contributed by atoms with van der Waals surface area (Å²) in [6, 6.07) is 9.93. The fourth-order valence-electron chi connectivity index (χ4n) is 4.47. The lowest BCUT2D eigenvalue weighted by Crippen LogP contribution is -2.48. The van der Waals surface area contributed by atoms with Gasteiger partial charge in [0.25, 0.3) is 5.91 Å². The molecule has 3 N–H and O–H groups in total. The van der Waals surface area contributed by atoms with Crippen LogP contribution in [0.3, 0.4) is 0 Å². The van der Waals surface area contributed by atoms with Crippen molar-refractivity contribution in [2.24, 2.45) is 0 Å². The van der Waals surface area contributed by atoms with E-state index in [1.807, 2.05) is 30.3 Å². The zero-order valence-electron chi connectivity index (χ0n) is 22.4. The minimum atomic E-state index is -1.08. The van der Waals surface area contributed by atoms with Crippen molar-refractivity contribution >= 4 is 39.6 Å². The molecule has 214 valence electrons. The number of nitrogens with zero attached hydrogens (tertiary/aromatic N) is 6. The molecular weight excluding hydrogens is 582 g/mol. The van der Waals surface area contributed by atoms with Crippen LogP contribution in [0, 0.1) is 11.3 Å². The van der Waals surface area contributed by atoms with Crippen molar-refractivity contribution in [1.82, 2.24) is 25.2 Å². The first kappa shape index (κ1) is 30.9. The molecule has 1 saturated heterocycles. The maximum absolute atomic E-state index is 13.1. The number of hydrogen-bond acceptors (Lipinski definition) is 9. The number of carboxylic acids is 2. The summed E-state index contributed by atoms with van der Waals surface area (Å²) < 4.78 is 0.645. The van der Waals surface area contributed by atoms with Crippen molar-refractivity contribution in [2.45, 2.75) is 51.1 Å². The second kappa shape index (κ2) is 15.3. The average molecular weight is 617 g/mol. The van der Waals surface area contributed by atoms with Crippen molar-refractivity contribution in [3.63, 3.8) is 0 Å². The van der Waals surface area contributed by atoms with Crippen LogP contribution < -0.4 is 10.4 Å². The molecule has 2 aliphatic rings. The van der Waals surface area contributed by atoms with Crippen molar-refractivity contribution in [3.8, 4) is 6.07 Å². The molecule has 0 bridgehead atoms. The Morgan fingerprint density at radius 1 is 1.07 bits per heavy atom. The van der Waals surface area contributed by atoms with Crippen LogP contribution in [0.5, 0.6) is 0 Å². The third-order valence-electron chi connectivity index (χ3n) is 6.74. The Kier molecular flexibility index (Phi) is 11.8. The fourth-order valence-corrected chi connectivity index (χ4v) is 4.86. The first-order chi connectivity index (χ1) is 19.2. The molecule has 1 amide bonds. The summed E-state index contributed by atoms with van der Waals surface area (Å²) in [5.74, 6) is -1.75. The summed E-state index contributed by atoms with van der Waals surface area (Å²) in [6.07, 6.45) is 5.09. The smallest absolute Gasteiger partial charge is 0.303 e. The minimum Gasteiger partial charge on any atom is -0.481 e. The molecule has 4 rings (SSSR count). The monoisotopic (exact) mass is 615 g/mol. The molecule has 12 nitrogen and oxygen atoms in total. The lowest BCUT2D eigenvalue weighted by atomic mass is 10.1. The first-order valence-corrected chi connectivity index (χ1v) is 13.9. The van der Waals surface area contributed by atoms with Crippen molar-refractivity contribution in [3.05, 3.63) is 51.9 Å². The summed E-state index contributed by atoms with van der Waals surface area (Å²) in [5.41, 5.74) is 4.84. The highest BCUT2D eigenvalue weighted by Crippen LogP contribution is 2.30. The molecule has 0 unspecified atom stereocenters. The molecule has 1 aliphatic carbocycles. The summed E-state index contributed by atoms with van der Waals surface area (Å²) in [7, 11) is 2.15. The lowest BCUT2D eigenvalue weighted by Gasteiger charge is -2.32. The van der Waals surface area contributed by atoms with Gasteiger partial charge in [0.1, 0.15) is 6.07 Å². The molecular formula is C27H34BrN7O5. The van der Waals surface area contributed by atoms with Gasteiger partial charge in [-0.1, -0.05) is 25.0 Å². The van der Waals surface area contributed by atoms with E-state index >= 15 is 0 Å². The lowest BCUT2D eigenvalue weighted by molar-refractivity contribution is -0.143. The Balaban J connectivity index is 0.000000482. The molecule has 1 aromatic heterocycles. The van der Waals surface area contributed by atoms with Crippen LogP contribution in [0.4, 0.5) is 5.82 Å². The molecule has 1 saturated carbocycles. The van der Waals surface area contributed by atoms with E-state index in [0.717, 1.165) is 58.4 Å². The van der Waals surface area contributed by atoms with Crippen molar-refractivity contribution in [2.75, 3.05) is 38.2 Å². The molecule has 2 heterocycles. The number of nitrogens with one attached hydrogen (secondary N) is 1. The number of aliphatic carboxylic acids is 2. The van der Waals surface area contributed by atoms with Crippen LogP contribution in [-0.4, -0.2) is 87.1 Å². The zero-order valence-corrected chi connectivity index (χ0v) is 24.0. The van der Waals surface area contributed by atoms with E-state index in [9.17, 15) is 19.6 Å². The van der Waals surface area contributed by atoms with Crippen LogP contribution in [-0.2, 0) is 16.1 Å². The van der Waals surface area contributed by atoms with Crippen LogP contribution in [0.2, 0.25) is 0 Å². The molecule has 1 aromatic carbocycles. The van der Waals surface area contributed by atoms with E-state index in [-0.39, 0.29) is 30.6 Å². The summed E-state index contributed by atoms with van der Waals surface area (Å²) >= 11 is 3.48. The van der Waals surface area contributed by atoms with Gasteiger partial charge in [-0.25, -0.2) is 4.98 Å². The molecule has 40 heavy (non-hydrogen) atoms. The summed E-state index contributed by atoms with van der Waals surface area (Å²) in [4.78, 5) is 45.5. The number of carboxylic acid groups (broad SMARTS) is 2. The third kappa shape index (κ3) is 9.55. The highest BCUT2D eigenvalue weighted by molar-refractivity contribution is 9.10. The number of nitriles is 1. The standard InChI is InChI=1S/C23H28BrN7O.C4H6O4/c1-29-10-12-30(13-11-29)16-17-6-8-18(9-7-17)23(32)28-31(19-4-2-3-5-19)22-20(24)15-26-21(14-25)27-22;5-3(6)1-2-4(7)8/h6-9,15,19H,2-5,10-13,16H2,1H3,(H,28,32);1-2H2,(H,5,6)(H,7,8). The van der Waals surface area contributed by atoms with Gasteiger partial charge < -0.3 is 15.1 Å². The Morgan fingerprint density at radius 2 is 1.68 bits per heavy atom. The SMILES string of the molecule is CN1CCN(Cc2ccc(C(=O)NN(c3nc(C#N)ncc3Br)C3CCCC3)cc2)CC1.O=C(O)CCC(=O)O. The van der Waals surface area contributed by atoms with E-state index in [1.165, 1.54) is 5.56 Å². The normalized spacial score (nSPS) is 15.9. The zero-order chi connectivity index (χ0) is 29.1. The van der Waals surface area contributed by atoms with Gasteiger partial charge in [-0.2, -0.15) is 10.2 Å². The van der Waals surface area contributed by atoms with Gasteiger partial charge in [0, 0.05) is 44.5 Å².